The maximum Gasteiger partial charge on any atom is 0.142 e. The summed E-state index contributed by atoms with van der Waals surface area (Å²) in [6.07, 6.45) is -0.591. The van der Waals surface area contributed by atoms with Gasteiger partial charge in [0.25, 0.3) is 0 Å². The SMILES string of the molecule is Cc1ccc(C(O)Cc2cccc(F)c2Cl)c(Cl)c1. The molecule has 0 radical (unpaired) electrons. The minimum absolute atomic E-state index is 0.0461. The molecule has 2 rings (SSSR count). The van der Waals surface area contributed by atoms with Crippen LogP contribution in [0, 0.1) is 12.7 Å². The van der Waals surface area contributed by atoms with Gasteiger partial charge in [-0.25, -0.2) is 4.39 Å². The first-order chi connectivity index (χ1) is 8.99. The van der Waals surface area contributed by atoms with E-state index in [9.17, 15) is 9.50 Å². The fourth-order valence-electron chi connectivity index (χ4n) is 1.93. The largest absolute Gasteiger partial charge is 0.388 e. The highest BCUT2D eigenvalue weighted by Gasteiger charge is 2.15. The van der Waals surface area contributed by atoms with Crippen LogP contribution in [0.1, 0.15) is 22.8 Å². The number of hydrogen-bond donors (Lipinski definition) is 1. The number of rotatable bonds is 3. The molecule has 0 aliphatic heterocycles. The van der Waals surface area contributed by atoms with E-state index in [-0.39, 0.29) is 11.4 Å². The van der Waals surface area contributed by atoms with E-state index in [4.69, 9.17) is 23.2 Å². The molecule has 1 N–H and O–H groups in total. The Hall–Kier alpha value is -1.09. The number of hydrogen-bond acceptors (Lipinski definition) is 1. The van der Waals surface area contributed by atoms with Crippen molar-refractivity contribution < 1.29 is 9.50 Å². The topological polar surface area (TPSA) is 20.2 Å². The van der Waals surface area contributed by atoms with E-state index in [1.807, 2.05) is 13.0 Å². The molecule has 0 bridgehead atoms. The third-order valence-electron chi connectivity index (χ3n) is 2.96. The van der Waals surface area contributed by atoms with Crippen molar-refractivity contribution in [3.05, 3.63) is 69.0 Å². The summed E-state index contributed by atoms with van der Waals surface area (Å²) < 4.78 is 13.3. The Morgan fingerprint density at radius 3 is 2.63 bits per heavy atom. The zero-order chi connectivity index (χ0) is 14.0. The van der Waals surface area contributed by atoms with Gasteiger partial charge in [0, 0.05) is 11.4 Å². The quantitative estimate of drug-likeness (QED) is 0.869. The molecule has 0 aliphatic rings. The lowest BCUT2D eigenvalue weighted by molar-refractivity contribution is 0.178. The number of benzene rings is 2. The molecule has 19 heavy (non-hydrogen) atoms. The molecule has 0 fully saturated rings. The zero-order valence-corrected chi connectivity index (χ0v) is 11.8. The lowest BCUT2D eigenvalue weighted by Gasteiger charge is -2.14. The van der Waals surface area contributed by atoms with Gasteiger partial charge in [0.1, 0.15) is 5.82 Å². The summed E-state index contributed by atoms with van der Waals surface area (Å²) in [4.78, 5) is 0. The molecule has 0 aliphatic carbocycles. The standard InChI is InChI=1S/C15H13Cl2FO/c1-9-5-6-11(12(16)7-9)14(19)8-10-3-2-4-13(18)15(10)17/h2-7,14,19H,8H2,1H3. The Morgan fingerprint density at radius 2 is 1.95 bits per heavy atom. The van der Waals surface area contributed by atoms with Crippen LogP contribution in [0.2, 0.25) is 10.0 Å². The van der Waals surface area contributed by atoms with E-state index in [1.165, 1.54) is 6.07 Å². The monoisotopic (exact) mass is 298 g/mol. The Morgan fingerprint density at radius 1 is 1.21 bits per heavy atom. The number of aryl methyl sites for hydroxylation is 1. The third kappa shape index (κ3) is 3.27. The third-order valence-corrected chi connectivity index (χ3v) is 3.71. The van der Waals surface area contributed by atoms with Crippen molar-refractivity contribution in [3.63, 3.8) is 0 Å². The van der Waals surface area contributed by atoms with E-state index in [1.54, 1.807) is 24.3 Å². The van der Waals surface area contributed by atoms with E-state index < -0.39 is 11.9 Å². The summed E-state index contributed by atoms with van der Waals surface area (Å²) in [7, 11) is 0. The molecule has 2 aromatic carbocycles. The maximum absolute atomic E-state index is 13.3. The summed E-state index contributed by atoms with van der Waals surface area (Å²) in [5, 5.41) is 10.7. The predicted molar refractivity (Wildman–Crippen MR) is 76.3 cm³/mol. The van der Waals surface area contributed by atoms with Crippen molar-refractivity contribution >= 4 is 23.2 Å². The molecule has 1 atom stereocenters. The van der Waals surface area contributed by atoms with Gasteiger partial charge in [-0.2, -0.15) is 0 Å². The van der Waals surface area contributed by atoms with Gasteiger partial charge in [-0.05, 0) is 35.7 Å². The molecule has 1 nitrogen and oxygen atoms in total. The minimum Gasteiger partial charge on any atom is -0.388 e. The second-order valence-electron chi connectivity index (χ2n) is 4.46. The van der Waals surface area contributed by atoms with Crippen molar-refractivity contribution in [3.8, 4) is 0 Å². The molecule has 2 aromatic rings. The summed E-state index contributed by atoms with van der Waals surface area (Å²) in [6, 6.07) is 9.98. The van der Waals surface area contributed by atoms with Crippen molar-refractivity contribution in [2.75, 3.05) is 0 Å². The Kier molecular flexibility index (Phi) is 4.46. The van der Waals surface area contributed by atoms with Crippen LogP contribution < -0.4 is 0 Å². The van der Waals surface area contributed by atoms with Crippen LogP contribution in [0.3, 0.4) is 0 Å². The molecule has 4 heteroatoms. The van der Waals surface area contributed by atoms with Gasteiger partial charge < -0.3 is 5.11 Å². The second-order valence-corrected chi connectivity index (χ2v) is 5.24. The molecule has 0 heterocycles. The first-order valence-corrected chi connectivity index (χ1v) is 6.61. The molecule has 100 valence electrons. The highest BCUT2D eigenvalue weighted by molar-refractivity contribution is 6.32. The molecule has 0 saturated carbocycles. The van der Waals surface area contributed by atoms with Crippen LogP contribution >= 0.6 is 23.2 Å². The van der Waals surface area contributed by atoms with E-state index in [2.05, 4.69) is 0 Å². The van der Waals surface area contributed by atoms with Crippen LogP contribution in [-0.4, -0.2) is 5.11 Å². The number of halogens is 3. The Labute approximate surface area is 121 Å². The van der Waals surface area contributed by atoms with Crippen LogP contribution in [0.15, 0.2) is 36.4 Å². The first kappa shape index (κ1) is 14.3. The van der Waals surface area contributed by atoms with Gasteiger partial charge in [0.05, 0.1) is 11.1 Å². The van der Waals surface area contributed by atoms with Crippen molar-refractivity contribution in [1.29, 1.82) is 0 Å². The minimum atomic E-state index is -0.813. The van der Waals surface area contributed by atoms with Gasteiger partial charge in [-0.3, -0.25) is 0 Å². The molecular weight excluding hydrogens is 286 g/mol. The normalized spacial score (nSPS) is 12.5. The number of aliphatic hydroxyl groups excluding tert-OH is 1. The van der Waals surface area contributed by atoms with Gasteiger partial charge in [-0.1, -0.05) is 47.5 Å². The summed E-state index contributed by atoms with van der Waals surface area (Å²) in [6.45, 7) is 1.92. The van der Waals surface area contributed by atoms with Gasteiger partial charge in [0.15, 0.2) is 0 Å². The fraction of sp³-hybridized carbons (Fsp3) is 0.200. The molecular formula is C15H13Cl2FO. The molecule has 1 unspecified atom stereocenters. The van der Waals surface area contributed by atoms with E-state index in [0.717, 1.165) is 5.56 Å². The highest BCUT2D eigenvalue weighted by atomic mass is 35.5. The highest BCUT2D eigenvalue weighted by Crippen LogP contribution is 2.29. The molecule has 0 aromatic heterocycles. The first-order valence-electron chi connectivity index (χ1n) is 5.86. The van der Waals surface area contributed by atoms with Gasteiger partial charge >= 0.3 is 0 Å². The summed E-state index contributed by atoms with van der Waals surface area (Å²) in [5.41, 5.74) is 2.20. The van der Waals surface area contributed by atoms with Crippen LogP contribution in [0.25, 0.3) is 0 Å². The molecule has 0 saturated heterocycles. The Balaban J connectivity index is 2.25. The second kappa shape index (κ2) is 5.91. The Bertz CT molecular complexity index is 599. The maximum atomic E-state index is 13.3. The number of aliphatic hydroxyl groups is 1. The fourth-order valence-corrected chi connectivity index (χ4v) is 2.49. The average Bonchev–Trinajstić information content (AvgIpc) is 2.34. The molecule has 0 amide bonds. The predicted octanol–water partition coefficient (Wildman–Crippen LogP) is 4.72. The van der Waals surface area contributed by atoms with E-state index >= 15 is 0 Å². The van der Waals surface area contributed by atoms with E-state index in [0.29, 0.717) is 16.1 Å². The van der Waals surface area contributed by atoms with Gasteiger partial charge in [-0.15, -0.1) is 0 Å². The lowest BCUT2D eigenvalue weighted by Crippen LogP contribution is -2.04. The molecule has 0 spiro atoms. The van der Waals surface area contributed by atoms with Crippen molar-refractivity contribution in [1.82, 2.24) is 0 Å². The average molecular weight is 299 g/mol. The lowest BCUT2D eigenvalue weighted by atomic mass is 10.0. The van der Waals surface area contributed by atoms with Crippen molar-refractivity contribution in [2.45, 2.75) is 19.4 Å². The summed E-state index contributed by atoms with van der Waals surface area (Å²) in [5.74, 6) is -0.485. The van der Waals surface area contributed by atoms with Gasteiger partial charge in [0.2, 0.25) is 0 Å². The van der Waals surface area contributed by atoms with Crippen molar-refractivity contribution in [2.24, 2.45) is 0 Å². The van der Waals surface area contributed by atoms with Crippen LogP contribution in [0.4, 0.5) is 4.39 Å². The smallest absolute Gasteiger partial charge is 0.142 e. The van der Waals surface area contributed by atoms with Crippen LogP contribution in [-0.2, 0) is 6.42 Å². The zero-order valence-electron chi connectivity index (χ0n) is 10.3. The van der Waals surface area contributed by atoms with Crippen LogP contribution in [0.5, 0.6) is 0 Å². The summed E-state index contributed by atoms with van der Waals surface area (Å²) >= 11 is 12.0.